The summed E-state index contributed by atoms with van der Waals surface area (Å²) in [7, 11) is 0. The number of ether oxygens (including phenoxy) is 1. The van der Waals surface area contributed by atoms with Crippen molar-refractivity contribution in [3.05, 3.63) is 0 Å². The molecule has 1 saturated carbocycles. The van der Waals surface area contributed by atoms with Gasteiger partial charge in [0.25, 0.3) is 0 Å². The number of hydrogen-bond donors (Lipinski definition) is 1. The molecule has 0 bridgehead atoms. The Labute approximate surface area is 111 Å². The van der Waals surface area contributed by atoms with Crippen LogP contribution in [0.1, 0.15) is 46.0 Å². The van der Waals surface area contributed by atoms with Crippen LogP contribution < -0.4 is 5.32 Å². The molecule has 1 N–H and O–H groups in total. The van der Waals surface area contributed by atoms with Gasteiger partial charge in [0, 0.05) is 37.3 Å². The van der Waals surface area contributed by atoms with Crippen molar-refractivity contribution in [1.82, 2.24) is 10.2 Å². The summed E-state index contributed by atoms with van der Waals surface area (Å²) < 4.78 is 5.54. The predicted octanol–water partition coefficient (Wildman–Crippen LogP) is 2.02. The number of rotatable bonds is 2. The van der Waals surface area contributed by atoms with Gasteiger partial charge in [-0.25, -0.2) is 0 Å². The fourth-order valence-corrected chi connectivity index (χ4v) is 3.89. The van der Waals surface area contributed by atoms with Gasteiger partial charge in [0.15, 0.2) is 0 Å². The maximum Gasteiger partial charge on any atom is 0.0507 e. The van der Waals surface area contributed by atoms with Crippen LogP contribution in [0, 0.1) is 5.92 Å². The molecular formula is C15H28N2O. The Bertz CT molecular complexity index is 291. The van der Waals surface area contributed by atoms with Crippen LogP contribution in [0.5, 0.6) is 0 Å². The van der Waals surface area contributed by atoms with E-state index in [1.165, 1.54) is 45.2 Å². The molecule has 1 spiro atoms. The van der Waals surface area contributed by atoms with E-state index < -0.39 is 0 Å². The fraction of sp³-hybridized carbons (Fsp3) is 1.00. The van der Waals surface area contributed by atoms with Crippen molar-refractivity contribution in [2.75, 3.05) is 32.8 Å². The molecule has 3 aliphatic rings. The Balaban J connectivity index is 1.67. The van der Waals surface area contributed by atoms with Crippen LogP contribution >= 0.6 is 0 Å². The van der Waals surface area contributed by atoms with Crippen LogP contribution in [0.3, 0.4) is 0 Å². The van der Waals surface area contributed by atoms with Crippen molar-refractivity contribution in [1.29, 1.82) is 0 Å². The van der Waals surface area contributed by atoms with Gasteiger partial charge in [0.1, 0.15) is 0 Å². The molecule has 1 unspecified atom stereocenters. The van der Waals surface area contributed by atoms with Crippen LogP contribution in [0.4, 0.5) is 0 Å². The zero-order valence-corrected chi connectivity index (χ0v) is 12.0. The molecule has 0 amide bonds. The summed E-state index contributed by atoms with van der Waals surface area (Å²) in [5, 5.41) is 3.87. The van der Waals surface area contributed by atoms with E-state index in [0.29, 0.717) is 11.1 Å². The Kier molecular flexibility index (Phi) is 3.41. The van der Waals surface area contributed by atoms with E-state index in [1.807, 2.05) is 0 Å². The van der Waals surface area contributed by atoms with Crippen molar-refractivity contribution in [3.63, 3.8) is 0 Å². The summed E-state index contributed by atoms with van der Waals surface area (Å²) >= 11 is 0. The van der Waals surface area contributed by atoms with Gasteiger partial charge in [-0.05, 0) is 39.0 Å². The average molecular weight is 252 g/mol. The molecule has 3 fully saturated rings. The first kappa shape index (κ1) is 12.9. The largest absolute Gasteiger partial charge is 0.381 e. The van der Waals surface area contributed by atoms with E-state index in [0.717, 1.165) is 25.7 Å². The maximum atomic E-state index is 5.54. The molecule has 0 aromatic rings. The SMILES string of the molecule is CC1(C)CNC2(CCCC2)CN1CC1CCOC1. The molecule has 3 rings (SSSR count). The smallest absolute Gasteiger partial charge is 0.0507 e. The maximum absolute atomic E-state index is 5.54. The number of nitrogens with one attached hydrogen (secondary N) is 1. The minimum Gasteiger partial charge on any atom is -0.381 e. The van der Waals surface area contributed by atoms with E-state index in [9.17, 15) is 0 Å². The Morgan fingerprint density at radius 1 is 1.28 bits per heavy atom. The predicted molar refractivity (Wildman–Crippen MR) is 73.8 cm³/mol. The highest BCUT2D eigenvalue weighted by Crippen LogP contribution is 2.36. The Morgan fingerprint density at radius 2 is 2.06 bits per heavy atom. The molecule has 2 saturated heterocycles. The summed E-state index contributed by atoms with van der Waals surface area (Å²) in [6.07, 6.45) is 6.83. The molecule has 3 nitrogen and oxygen atoms in total. The van der Waals surface area contributed by atoms with Crippen molar-refractivity contribution in [2.24, 2.45) is 5.92 Å². The number of nitrogens with zero attached hydrogens (tertiary/aromatic N) is 1. The molecule has 2 aliphatic heterocycles. The molecule has 104 valence electrons. The summed E-state index contributed by atoms with van der Waals surface area (Å²) in [5.41, 5.74) is 0.741. The lowest BCUT2D eigenvalue weighted by molar-refractivity contribution is 0.0149. The van der Waals surface area contributed by atoms with Crippen LogP contribution in [-0.4, -0.2) is 48.8 Å². The van der Waals surface area contributed by atoms with E-state index in [1.54, 1.807) is 0 Å². The van der Waals surface area contributed by atoms with Crippen molar-refractivity contribution in [3.8, 4) is 0 Å². The molecular weight excluding hydrogens is 224 g/mol. The van der Waals surface area contributed by atoms with Crippen LogP contribution in [-0.2, 0) is 4.74 Å². The molecule has 0 aromatic heterocycles. The standard InChI is InChI=1S/C15H28N2O/c1-14(2)11-16-15(6-3-4-7-15)12-17(14)9-13-5-8-18-10-13/h13,16H,3-12H2,1-2H3. The molecule has 3 heteroatoms. The lowest BCUT2D eigenvalue weighted by Crippen LogP contribution is -2.67. The second-order valence-electron chi connectivity index (χ2n) is 7.26. The minimum absolute atomic E-state index is 0.302. The van der Waals surface area contributed by atoms with Crippen molar-refractivity contribution >= 4 is 0 Å². The zero-order chi connectivity index (χ0) is 12.6. The quantitative estimate of drug-likeness (QED) is 0.814. The van der Waals surface area contributed by atoms with Gasteiger partial charge >= 0.3 is 0 Å². The summed E-state index contributed by atoms with van der Waals surface area (Å²) in [6.45, 7) is 10.3. The molecule has 18 heavy (non-hydrogen) atoms. The lowest BCUT2D eigenvalue weighted by Gasteiger charge is -2.51. The van der Waals surface area contributed by atoms with Crippen molar-refractivity contribution in [2.45, 2.75) is 57.0 Å². The summed E-state index contributed by atoms with van der Waals surface area (Å²) in [4.78, 5) is 2.74. The topological polar surface area (TPSA) is 24.5 Å². The first-order valence-electron chi connectivity index (χ1n) is 7.68. The number of hydrogen-bond acceptors (Lipinski definition) is 3. The summed E-state index contributed by atoms with van der Waals surface area (Å²) in [5.74, 6) is 0.765. The molecule has 0 aromatic carbocycles. The van der Waals surface area contributed by atoms with Crippen LogP contribution in [0.2, 0.25) is 0 Å². The minimum atomic E-state index is 0.302. The van der Waals surface area contributed by atoms with Crippen molar-refractivity contribution < 1.29 is 4.74 Å². The summed E-state index contributed by atoms with van der Waals surface area (Å²) in [6, 6.07) is 0. The van der Waals surface area contributed by atoms with Gasteiger partial charge in [0.2, 0.25) is 0 Å². The van der Waals surface area contributed by atoms with E-state index in [-0.39, 0.29) is 0 Å². The third kappa shape index (κ3) is 2.45. The molecule has 0 radical (unpaired) electrons. The lowest BCUT2D eigenvalue weighted by atomic mass is 9.86. The molecule has 1 aliphatic carbocycles. The van der Waals surface area contributed by atoms with Gasteiger partial charge in [0.05, 0.1) is 6.61 Å². The zero-order valence-electron chi connectivity index (χ0n) is 12.0. The highest BCUT2D eigenvalue weighted by Gasteiger charge is 2.44. The number of piperazine rings is 1. The Hall–Kier alpha value is -0.120. The average Bonchev–Trinajstić information content (AvgIpc) is 2.97. The van der Waals surface area contributed by atoms with Crippen LogP contribution in [0.25, 0.3) is 0 Å². The molecule has 2 heterocycles. The monoisotopic (exact) mass is 252 g/mol. The first-order valence-corrected chi connectivity index (χ1v) is 7.68. The highest BCUT2D eigenvalue weighted by atomic mass is 16.5. The van der Waals surface area contributed by atoms with Crippen LogP contribution in [0.15, 0.2) is 0 Å². The Morgan fingerprint density at radius 3 is 2.72 bits per heavy atom. The van der Waals surface area contributed by atoms with Gasteiger partial charge in [-0.15, -0.1) is 0 Å². The third-order valence-electron chi connectivity index (χ3n) is 5.31. The van der Waals surface area contributed by atoms with Gasteiger partial charge < -0.3 is 10.1 Å². The van der Waals surface area contributed by atoms with E-state index in [2.05, 4.69) is 24.1 Å². The van der Waals surface area contributed by atoms with Gasteiger partial charge in [-0.1, -0.05) is 12.8 Å². The normalized spacial score (nSPS) is 35.3. The highest BCUT2D eigenvalue weighted by molar-refractivity contribution is 5.04. The second kappa shape index (κ2) is 4.77. The molecule has 1 atom stereocenters. The third-order valence-corrected chi connectivity index (χ3v) is 5.31. The second-order valence-corrected chi connectivity index (χ2v) is 7.26. The fourth-order valence-electron chi connectivity index (χ4n) is 3.89. The first-order chi connectivity index (χ1) is 8.60. The van der Waals surface area contributed by atoms with Gasteiger partial charge in [-0.2, -0.15) is 0 Å². The van der Waals surface area contributed by atoms with E-state index in [4.69, 9.17) is 4.74 Å². The van der Waals surface area contributed by atoms with E-state index >= 15 is 0 Å². The van der Waals surface area contributed by atoms with Gasteiger partial charge in [-0.3, -0.25) is 4.90 Å².